The molecule has 1 amide bonds. The Bertz CT molecular complexity index is 362. The third-order valence-corrected chi connectivity index (χ3v) is 3.85. The van der Waals surface area contributed by atoms with E-state index in [1.165, 1.54) is 5.56 Å². The summed E-state index contributed by atoms with van der Waals surface area (Å²) in [6.07, 6.45) is 3.49. The van der Waals surface area contributed by atoms with Crippen molar-refractivity contribution in [2.24, 2.45) is 0 Å². The fourth-order valence-electron chi connectivity index (χ4n) is 2.37. The summed E-state index contributed by atoms with van der Waals surface area (Å²) in [5, 5.41) is 0.848. The van der Waals surface area contributed by atoms with Crippen molar-refractivity contribution in [3.63, 3.8) is 0 Å². The largest absolute Gasteiger partial charge is 0.339 e. The van der Waals surface area contributed by atoms with E-state index in [-0.39, 0.29) is 5.91 Å². The lowest BCUT2D eigenvalue weighted by molar-refractivity contribution is -0.133. The third-order valence-electron chi connectivity index (χ3n) is 3.50. The quantitative estimate of drug-likeness (QED) is 0.661. The molecule has 3 heteroatoms. The normalized spacial score (nSPS) is 10.7. The Kier molecular flexibility index (Phi) is 7.80. The lowest BCUT2D eigenvalue weighted by atomic mass is 10.1. The molecule has 106 valence electrons. The van der Waals surface area contributed by atoms with Crippen LogP contribution in [-0.4, -0.2) is 28.7 Å². The molecule has 0 heterocycles. The molecule has 0 unspecified atom stereocenters. The molecule has 2 nitrogen and oxygen atoms in total. The van der Waals surface area contributed by atoms with Crippen LogP contribution < -0.4 is 0 Å². The van der Waals surface area contributed by atoms with Gasteiger partial charge in [-0.1, -0.05) is 60.1 Å². The van der Waals surface area contributed by atoms with Gasteiger partial charge in [0.1, 0.15) is 0 Å². The summed E-state index contributed by atoms with van der Waals surface area (Å²) in [6, 6.07) is 10.6. The van der Waals surface area contributed by atoms with E-state index in [0.717, 1.165) is 31.1 Å². The fraction of sp³-hybridized carbons (Fsp3) is 0.562. The minimum Gasteiger partial charge on any atom is -0.339 e. The van der Waals surface area contributed by atoms with E-state index in [1.54, 1.807) is 0 Å². The molecule has 0 aliphatic carbocycles. The third kappa shape index (κ3) is 5.35. The van der Waals surface area contributed by atoms with E-state index < -0.39 is 0 Å². The minimum atomic E-state index is 0.275. The smallest absolute Gasteiger partial charge is 0.223 e. The number of aryl methyl sites for hydroxylation is 1. The second-order valence-electron chi connectivity index (χ2n) is 4.73. The standard InChI is InChI=1S/C16H24BrNO/c1-3-15(4-2)18(13-12-17)16(19)11-10-14-8-6-5-7-9-14/h5-9,15H,3-4,10-13H2,1-2H3. The zero-order valence-electron chi connectivity index (χ0n) is 11.9. The zero-order chi connectivity index (χ0) is 14.1. The predicted molar refractivity (Wildman–Crippen MR) is 84.6 cm³/mol. The van der Waals surface area contributed by atoms with Crippen molar-refractivity contribution in [3.05, 3.63) is 35.9 Å². The lowest BCUT2D eigenvalue weighted by Gasteiger charge is -2.30. The van der Waals surface area contributed by atoms with Gasteiger partial charge in [0.25, 0.3) is 0 Å². The van der Waals surface area contributed by atoms with Gasteiger partial charge in [0.05, 0.1) is 0 Å². The Morgan fingerprint density at radius 2 is 1.84 bits per heavy atom. The molecule has 0 fully saturated rings. The number of carbonyl (C=O) groups is 1. The summed E-state index contributed by atoms with van der Waals surface area (Å²) in [7, 11) is 0. The molecule has 0 saturated carbocycles. The summed E-state index contributed by atoms with van der Waals surface area (Å²) < 4.78 is 0. The van der Waals surface area contributed by atoms with Crippen molar-refractivity contribution >= 4 is 21.8 Å². The van der Waals surface area contributed by atoms with Gasteiger partial charge in [0.15, 0.2) is 0 Å². The number of benzene rings is 1. The van der Waals surface area contributed by atoms with Crippen LogP contribution in [0.5, 0.6) is 0 Å². The highest BCUT2D eigenvalue weighted by Gasteiger charge is 2.19. The lowest BCUT2D eigenvalue weighted by Crippen LogP contribution is -2.41. The summed E-state index contributed by atoms with van der Waals surface area (Å²) in [5.74, 6) is 0.275. The highest BCUT2D eigenvalue weighted by molar-refractivity contribution is 9.09. The van der Waals surface area contributed by atoms with Crippen LogP contribution in [0, 0.1) is 0 Å². The molecule has 1 aromatic carbocycles. The first-order chi connectivity index (χ1) is 9.22. The molecule has 1 rings (SSSR count). The predicted octanol–water partition coefficient (Wildman–Crippen LogP) is 4.03. The number of hydrogen-bond donors (Lipinski definition) is 0. The zero-order valence-corrected chi connectivity index (χ0v) is 13.5. The molecule has 0 bridgehead atoms. The topological polar surface area (TPSA) is 20.3 Å². The van der Waals surface area contributed by atoms with Gasteiger partial charge in [-0.25, -0.2) is 0 Å². The molecule has 0 aliphatic rings. The Morgan fingerprint density at radius 3 is 2.37 bits per heavy atom. The van der Waals surface area contributed by atoms with Gasteiger partial charge in [-0.15, -0.1) is 0 Å². The van der Waals surface area contributed by atoms with Gasteiger partial charge in [-0.3, -0.25) is 4.79 Å². The summed E-state index contributed by atoms with van der Waals surface area (Å²) >= 11 is 3.45. The van der Waals surface area contributed by atoms with Crippen molar-refractivity contribution in [1.82, 2.24) is 4.90 Å². The van der Waals surface area contributed by atoms with Crippen LogP contribution >= 0.6 is 15.9 Å². The van der Waals surface area contributed by atoms with E-state index in [4.69, 9.17) is 0 Å². The monoisotopic (exact) mass is 325 g/mol. The van der Waals surface area contributed by atoms with Crippen molar-refractivity contribution in [2.75, 3.05) is 11.9 Å². The maximum absolute atomic E-state index is 12.4. The second kappa shape index (κ2) is 9.13. The van der Waals surface area contributed by atoms with E-state index in [0.29, 0.717) is 12.5 Å². The molecule has 0 N–H and O–H groups in total. The average Bonchev–Trinajstić information content (AvgIpc) is 2.46. The van der Waals surface area contributed by atoms with Crippen LogP contribution in [0.3, 0.4) is 0 Å². The number of halogens is 1. The summed E-state index contributed by atoms with van der Waals surface area (Å²) in [4.78, 5) is 14.4. The minimum absolute atomic E-state index is 0.275. The average molecular weight is 326 g/mol. The first kappa shape index (κ1) is 16.2. The van der Waals surface area contributed by atoms with Crippen molar-refractivity contribution in [3.8, 4) is 0 Å². The molecule has 1 aromatic rings. The maximum atomic E-state index is 12.4. The number of alkyl halides is 1. The van der Waals surface area contributed by atoms with Gasteiger partial charge in [-0.2, -0.15) is 0 Å². The highest BCUT2D eigenvalue weighted by Crippen LogP contribution is 2.12. The van der Waals surface area contributed by atoms with Crippen LogP contribution in [0.2, 0.25) is 0 Å². The van der Waals surface area contributed by atoms with Crippen LogP contribution in [0.1, 0.15) is 38.7 Å². The van der Waals surface area contributed by atoms with Crippen LogP contribution in [0.25, 0.3) is 0 Å². The number of hydrogen-bond acceptors (Lipinski definition) is 1. The first-order valence-electron chi connectivity index (χ1n) is 7.12. The number of rotatable bonds is 8. The van der Waals surface area contributed by atoms with Crippen molar-refractivity contribution in [2.45, 2.75) is 45.6 Å². The van der Waals surface area contributed by atoms with Crippen molar-refractivity contribution in [1.29, 1.82) is 0 Å². The van der Waals surface area contributed by atoms with E-state index in [9.17, 15) is 4.79 Å². The maximum Gasteiger partial charge on any atom is 0.223 e. The Hall–Kier alpha value is -0.830. The molecular formula is C16H24BrNO. The van der Waals surface area contributed by atoms with E-state index >= 15 is 0 Å². The summed E-state index contributed by atoms with van der Waals surface area (Å²) in [6.45, 7) is 5.11. The fourth-order valence-corrected chi connectivity index (χ4v) is 2.75. The van der Waals surface area contributed by atoms with Gasteiger partial charge in [0, 0.05) is 24.3 Å². The van der Waals surface area contributed by atoms with Gasteiger partial charge in [0.2, 0.25) is 5.91 Å². The van der Waals surface area contributed by atoms with Gasteiger partial charge < -0.3 is 4.90 Å². The van der Waals surface area contributed by atoms with E-state index in [2.05, 4.69) is 41.9 Å². The molecule has 0 aromatic heterocycles. The second-order valence-corrected chi connectivity index (χ2v) is 5.53. The SMILES string of the molecule is CCC(CC)N(CCBr)C(=O)CCc1ccccc1. The Balaban J connectivity index is 2.57. The van der Waals surface area contributed by atoms with Crippen LogP contribution in [0.4, 0.5) is 0 Å². The number of carbonyl (C=O) groups excluding carboxylic acids is 1. The van der Waals surface area contributed by atoms with Crippen LogP contribution in [0.15, 0.2) is 30.3 Å². The van der Waals surface area contributed by atoms with Crippen LogP contribution in [-0.2, 0) is 11.2 Å². The molecule has 0 saturated heterocycles. The Labute approximate surface area is 125 Å². The summed E-state index contributed by atoms with van der Waals surface area (Å²) in [5.41, 5.74) is 1.24. The van der Waals surface area contributed by atoms with Gasteiger partial charge >= 0.3 is 0 Å². The Morgan fingerprint density at radius 1 is 1.21 bits per heavy atom. The number of nitrogens with zero attached hydrogens (tertiary/aromatic N) is 1. The van der Waals surface area contributed by atoms with Gasteiger partial charge in [-0.05, 0) is 24.8 Å². The molecule has 0 atom stereocenters. The molecule has 19 heavy (non-hydrogen) atoms. The number of amides is 1. The molecule has 0 aliphatic heterocycles. The molecular weight excluding hydrogens is 302 g/mol. The molecule has 0 radical (unpaired) electrons. The highest BCUT2D eigenvalue weighted by atomic mass is 79.9. The first-order valence-corrected chi connectivity index (χ1v) is 8.24. The van der Waals surface area contributed by atoms with E-state index in [1.807, 2.05) is 23.1 Å². The molecule has 0 spiro atoms. The van der Waals surface area contributed by atoms with Crippen molar-refractivity contribution < 1.29 is 4.79 Å².